The van der Waals surface area contributed by atoms with Crippen LogP contribution in [0.5, 0.6) is 0 Å². The van der Waals surface area contributed by atoms with Crippen LogP contribution in [0.2, 0.25) is 5.02 Å². The van der Waals surface area contributed by atoms with Crippen LogP contribution >= 0.6 is 11.6 Å². The molecule has 0 radical (unpaired) electrons. The lowest BCUT2D eigenvalue weighted by Crippen LogP contribution is -2.50. The van der Waals surface area contributed by atoms with Crippen molar-refractivity contribution in [3.63, 3.8) is 0 Å². The highest BCUT2D eigenvalue weighted by atomic mass is 35.5. The van der Waals surface area contributed by atoms with Gasteiger partial charge in [-0.3, -0.25) is 9.69 Å². The van der Waals surface area contributed by atoms with E-state index in [1.54, 1.807) is 12.1 Å². The second-order valence-electron chi connectivity index (χ2n) is 13.4. The van der Waals surface area contributed by atoms with Gasteiger partial charge < -0.3 is 15.8 Å². The molecule has 1 aliphatic heterocycles. The first-order chi connectivity index (χ1) is 25.2. The standard InChI is InChI=1S/C34H31ClF7N9O3/c1-18(36)49-14-21(13-45-49)19-4-7-22(8-5-19)33(16-31(2,3)39)28(52)50(29(43)47-33)25(15-54-30(53)48-32(10-11-32)34(40,41)42)20-6-9-23(35)24(12-20)51-27(26(37)38)44-17-46-51/h4-9,12-14,17,25-26H,1,10-11,15-16H2,2-3H3,(H2,43,47)(H,48,53)/t25-,33-/m1/s1. The van der Waals surface area contributed by atoms with Crippen LogP contribution in [0.15, 0.2) is 72.8 Å². The van der Waals surface area contributed by atoms with Gasteiger partial charge in [-0.15, -0.1) is 0 Å². The number of aromatic nitrogens is 5. The number of nitrogens with zero attached hydrogens (tertiary/aromatic N) is 7. The molecular formula is C34H31ClF7N9O3. The predicted octanol–water partition coefficient (Wildman–Crippen LogP) is 7.17. The van der Waals surface area contributed by atoms with Crippen molar-refractivity contribution in [2.45, 2.75) is 68.5 Å². The molecule has 286 valence electrons. The third-order valence-electron chi connectivity index (χ3n) is 9.00. The van der Waals surface area contributed by atoms with Crippen molar-refractivity contribution in [2.24, 2.45) is 10.7 Å². The quantitative estimate of drug-likeness (QED) is 0.145. The lowest BCUT2D eigenvalue weighted by molar-refractivity contribution is -0.164. The van der Waals surface area contributed by atoms with E-state index in [1.807, 2.05) is 5.32 Å². The first-order valence-electron chi connectivity index (χ1n) is 16.1. The van der Waals surface area contributed by atoms with Gasteiger partial charge in [-0.1, -0.05) is 41.9 Å². The van der Waals surface area contributed by atoms with Crippen molar-refractivity contribution < 1.29 is 45.1 Å². The van der Waals surface area contributed by atoms with Crippen LogP contribution in [0, 0.1) is 0 Å². The van der Waals surface area contributed by atoms with E-state index in [4.69, 9.17) is 22.1 Å². The molecule has 2 aromatic heterocycles. The summed E-state index contributed by atoms with van der Waals surface area (Å²) < 4.78 is 105. The second kappa shape index (κ2) is 13.7. The molecule has 0 saturated heterocycles. The maximum Gasteiger partial charge on any atom is 0.411 e. The molecule has 0 unspecified atom stereocenters. The molecule has 54 heavy (non-hydrogen) atoms. The summed E-state index contributed by atoms with van der Waals surface area (Å²) in [5, 5.41) is 9.45. The van der Waals surface area contributed by atoms with Crippen molar-refractivity contribution >= 4 is 35.5 Å². The fourth-order valence-electron chi connectivity index (χ4n) is 6.25. The number of nitrogens with two attached hydrogens (primary N) is 1. The average molecular weight is 782 g/mol. The van der Waals surface area contributed by atoms with E-state index in [0.717, 1.165) is 20.6 Å². The predicted molar refractivity (Wildman–Crippen MR) is 181 cm³/mol. The number of guanidine groups is 1. The van der Waals surface area contributed by atoms with Gasteiger partial charge in [-0.25, -0.2) is 37.3 Å². The smallest absolute Gasteiger partial charge is 0.411 e. The summed E-state index contributed by atoms with van der Waals surface area (Å²) in [6.45, 7) is 4.79. The van der Waals surface area contributed by atoms with Gasteiger partial charge in [0.2, 0.25) is 5.95 Å². The Morgan fingerprint density at radius 2 is 1.78 bits per heavy atom. The van der Waals surface area contributed by atoms with E-state index in [9.17, 15) is 35.9 Å². The number of rotatable bonds is 12. The number of alkyl halides is 6. The maximum atomic E-state index is 15.6. The highest BCUT2D eigenvalue weighted by molar-refractivity contribution is 6.32. The molecule has 4 aromatic rings. The van der Waals surface area contributed by atoms with Crippen LogP contribution in [0.4, 0.5) is 35.5 Å². The second-order valence-corrected chi connectivity index (χ2v) is 13.8. The zero-order chi connectivity index (χ0) is 39.4. The molecule has 0 spiro atoms. The zero-order valence-corrected chi connectivity index (χ0v) is 29.2. The monoisotopic (exact) mass is 781 g/mol. The molecular weight excluding hydrogens is 751 g/mol. The molecule has 1 saturated carbocycles. The Bertz CT molecular complexity index is 2120. The normalized spacial score (nSPS) is 18.8. The number of nitrogens with one attached hydrogen (secondary N) is 1. The van der Waals surface area contributed by atoms with Gasteiger partial charge in [0.25, 0.3) is 12.3 Å². The van der Waals surface area contributed by atoms with Crippen LogP contribution in [-0.2, 0) is 15.1 Å². The van der Waals surface area contributed by atoms with Gasteiger partial charge in [-0.05, 0) is 62.1 Å². The number of alkyl carbamates (subject to hydrolysis) is 1. The summed E-state index contributed by atoms with van der Waals surface area (Å²) >= 11 is 6.37. The number of carbonyl (C=O) groups excluding carboxylic acids is 2. The Balaban J connectivity index is 1.40. The molecule has 2 aliphatic rings. The third kappa shape index (κ3) is 7.23. The van der Waals surface area contributed by atoms with Gasteiger partial charge in [0.05, 0.1) is 22.9 Å². The highest BCUT2D eigenvalue weighted by Gasteiger charge is 2.64. The van der Waals surface area contributed by atoms with Crippen LogP contribution in [0.3, 0.4) is 0 Å². The number of hydrogen-bond donors (Lipinski definition) is 2. The Kier molecular flexibility index (Phi) is 9.74. The molecule has 1 aliphatic carbocycles. The van der Waals surface area contributed by atoms with Crippen molar-refractivity contribution in [2.75, 3.05) is 6.61 Å². The van der Waals surface area contributed by atoms with Gasteiger partial charge in [0.1, 0.15) is 24.1 Å². The number of ether oxygens (including phenoxy) is 1. The number of amides is 2. The molecule has 3 heterocycles. The van der Waals surface area contributed by atoms with Crippen LogP contribution < -0.4 is 11.1 Å². The minimum atomic E-state index is -4.77. The summed E-state index contributed by atoms with van der Waals surface area (Å²) in [5.41, 5.74) is 0.944. The molecule has 0 bridgehead atoms. The Labute approximate surface area is 307 Å². The van der Waals surface area contributed by atoms with E-state index >= 15 is 4.39 Å². The van der Waals surface area contributed by atoms with Crippen LogP contribution in [0.25, 0.3) is 22.8 Å². The Morgan fingerprint density at radius 1 is 1.09 bits per heavy atom. The zero-order valence-electron chi connectivity index (χ0n) is 28.4. The molecule has 1 fully saturated rings. The molecule has 6 rings (SSSR count). The van der Waals surface area contributed by atoms with Crippen LogP contribution in [0.1, 0.15) is 62.5 Å². The summed E-state index contributed by atoms with van der Waals surface area (Å²) in [6.07, 6.45) is -7.01. The van der Waals surface area contributed by atoms with Gasteiger partial charge in [0, 0.05) is 18.2 Å². The minimum absolute atomic E-state index is 0.0403. The van der Waals surface area contributed by atoms with E-state index in [1.165, 1.54) is 56.6 Å². The SMILES string of the molecule is C=C(F)n1cc(-c2ccc([C@@]3(CC(C)(C)F)N=C(N)N([C@H](COC(=O)NC4(C(F)(F)F)CC4)c4ccc(Cl)c(-n5ncnc5C(F)F)c4)C3=O)cc2)cn1. The van der Waals surface area contributed by atoms with Gasteiger partial charge in [0.15, 0.2) is 17.3 Å². The number of halogens is 8. The summed E-state index contributed by atoms with van der Waals surface area (Å²) in [4.78, 5) is 36.5. The lowest BCUT2D eigenvalue weighted by Gasteiger charge is -2.33. The molecule has 3 N–H and O–H groups in total. The number of carbonyl (C=O) groups is 2. The maximum absolute atomic E-state index is 15.6. The van der Waals surface area contributed by atoms with Crippen molar-refractivity contribution in [1.82, 2.24) is 34.8 Å². The largest absolute Gasteiger partial charge is 0.447 e. The summed E-state index contributed by atoms with van der Waals surface area (Å²) in [5.74, 6) is -3.00. The molecule has 2 amide bonds. The van der Waals surface area contributed by atoms with E-state index < -0.39 is 78.2 Å². The van der Waals surface area contributed by atoms with E-state index in [2.05, 4.69) is 26.8 Å². The summed E-state index contributed by atoms with van der Waals surface area (Å²) in [7, 11) is 0. The minimum Gasteiger partial charge on any atom is -0.447 e. The summed E-state index contributed by atoms with van der Waals surface area (Å²) in [6, 6.07) is 8.47. The topological polar surface area (TPSA) is 146 Å². The average Bonchev–Trinajstić information content (AvgIpc) is 3.40. The van der Waals surface area contributed by atoms with Gasteiger partial charge >= 0.3 is 12.3 Å². The van der Waals surface area contributed by atoms with E-state index in [-0.39, 0.29) is 34.7 Å². The Hall–Kier alpha value is -5.46. The first-order valence-corrected chi connectivity index (χ1v) is 16.5. The van der Waals surface area contributed by atoms with Gasteiger partial charge in [-0.2, -0.15) is 27.8 Å². The Morgan fingerprint density at radius 3 is 2.35 bits per heavy atom. The van der Waals surface area contributed by atoms with Crippen molar-refractivity contribution in [3.05, 3.63) is 89.7 Å². The fourth-order valence-corrected chi connectivity index (χ4v) is 6.45. The van der Waals surface area contributed by atoms with Crippen molar-refractivity contribution in [3.8, 4) is 16.8 Å². The number of benzene rings is 2. The molecule has 2 aromatic carbocycles. The first kappa shape index (κ1) is 38.3. The molecule has 20 heteroatoms. The molecule has 12 nitrogen and oxygen atoms in total. The van der Waals surface area contributed by atoms with Crippen molar-refractivity contribution in [1.29, 1.82) is 0 Å². The highest BCUT2D eigenvalue weighted by Crippen LogP contribution is 2.49. The number of aliphatic imine (C=N–C) groups is 1. The lowest BCUT2D eigenvalue weighted by atomic mass is 9.80. The third-order valence-corrected chi connectivity index (χ3v) is 9.32. The number of hydrogen-bond acceptors (Lipinski definition) is 8. The molecule has 2 atom stereocenters. The van der Waals surface area contributed by atoms with E-state index in [0.29, 0.717) is 11.1 Å². The fraction of sp³-hybridized carbons (Fsp3) is 0.353. The van der Waals surface area contributed by atoms with Crippen LogP contribution in [-0.4, -0.2) is 71.4 Å².